The fourth-order valence-corrected chi connectivity index (χ4v) is 4.34. The van der Waals surface area contributed by atoms with Gasteiger partial charge in [0.05, 0.1) is 17.1 Å². The van der Waals surface area contributed by atoms with Gasteiger partial charge in [0.15, 0.2) is 10.8 Å². The Morgan fingerprint density at radius 1 is 1.22 bits per heavy atom. The number of aryl methyl sites for hydroxylation is 3. The zero-order valence-corrected chi connectivity index (χ0v) is 16.7. The van der Waals surface area contributed by atoms with Gasteiger partial charge in [-0.1, -0.05) is 17.7 Å². The predicted octanol–water partition coefficient (Wildman–Crippen LogP) is 2.89. The van der Waals surface area contributed by atoms with Crippen LogP contribution in [0.2, 0.25) is 0 Å². The predicted molar refractivity (Wildman–Crippen MR) is 106 cm³/mol. The highest BCUT2D eigenvalue weighted by Gasteiger charge is 2.22. The van der Waals surface area contributed by atoms with Gasteiger partial charge in [-0.2, -0.15) is 9.90 Å². The Labute approximate surface area is 162 Å². The van der Waals surface area contributed by atoms with Crippen molar-refractivity contribution in [3.8, 4) is 5.69 Å². The van der Waals surface area contributed by atoms with Crippen molar-refractivity contribution in [1.29, 1.82) is 0 Å². The van der Waals surface area contributed by atoms with E-state index in [0.29, 0.717) is 16.5 Å². The Bertz CT molecular complexity index is 1020. The van der Waals surface area contributed by atoms with Gasteiger partial charge < -0.3 is 4.90 Å². The molecule has 0 saturated heterocycles. The highest BCUT2D eigenvalue weighted by Crippen LogP contribution is 2.28. The average molecular weight is 382 g/mol. The maximum absolute atomic E-state index is 12.7. The molecule has 0 bridgehead atoms. The molecule has 140 valence electrons. The summed E-state index contributed by atoms with van der Waals surface area (Å²) in [5.41, 5.74) is 5.11. The van der Waals surface area contributed by atoms with Gasteiger partial charge in [-0.15, -0.1) is 16.4 Å². The molecule has 0 radical (unpaired) electrons. The standard InChI is InChI=1S/C19H22N6OS/c1-11-5-6-15(12(2)9-11)25-22-13(3)17(23-25)18(26)21-19-20-14-7-8-24(4)10-16(14)27-19/h5-6,9H,7-8,10H2,1-4H3,(H,20,21,26). The largest absolute Gasteiger partial charge is 0.301 e. The Hall–Kier alpha value is -2.58. The van der Waals surface area contributed by atoms with Crippen LogP contribution in [0.5, 0.6) is 0 Å². The second kappa shape index (κ2) is 6.86. The van der Waals surface area contributed by atoms with Crippen molar-refractivity contribution in [3.63, 3.8) is 0 Å². The van der Waals surface area contributed by atoms with Gasteiger partial charge >= 0.3 is 0 Å². The lowest BCUT2D eigenvalue weighted by Crippen LogP contribution is -2.25. The molecule has 27 heavy (non-hydrogen) atoms. The van der Waals surface area contributed by atoms with Gasteiger partial charge in [-0.3, -0.25) is 10.1 Å². The highest BCUT2D eigenvalue weighted by molar-refractivity contribution is 7.15. The van der Waals surface area contributed by atoms with E-state index in [4.69, 9.17) is 0 Å². The molecule has 1 N–H and O–H groups in total. The second-order valence-corrected chi connectivity index (χ2v) is 8.13. The lowest BCUT2D eigenvalue weighted by atomic mass is 10.1. The molecule has 0 fully saturated rings. The third-order valence-electron chi connectivity index (χ3n) is 4.71. The molecule has 2 aromatic heterocycles. The van der Waals surface area contributed by atoms with Crippen LogP contribution in [0.4, 0.5) is 5.13 Å². The van der Waals surface area contributed by atoms with Crippen LogP contribution < -0.4 is 5.32 Å². The van der Waals surface area contributed by atoms with Crippen LogP contribution in [-0.4, -0.2) is 44.4 Å². The Morgan fingerprint density at radius 2 is 2.04 bits per heavy atom. The number of thiazole rings is 1. The van der Waals surface area contributed by atoms with Crippen LogP contribution in [0.15, 0.2) is 18.2 Å². The molecule has 8 heteroatoms. The number of likely N-dealkylation sites (N-methyl/N-ethyl adjacent to an activating group) is 1. The zero-order valence-electron chi connectivity index (χ0n) is 15.9. The molecule has 1 aromatic carbocycles. The van der Waals surface area contributed by atoms with E-state index >= 15 is 0 Å². The minimum atomic E-state index is -0.275. The first-order valence-corrected chi connectivity index (χ1v) is 9.72. The first-order chi connectivity index (χ1) is 12.9. The van der Waals surface area contributed by atoms with Crippen molar-refractivity contribution in [2.24, 2.45) is 0 Å². The number of nitrogens with zero attached hydrogens (tertiary/aromatic N) is 5. The molecule has 1 aliphatic rings. The van der Waals surface area contributed by atoms with Crippen molar-refractivity contribution in [3.05, 3.63) is 51.3 Å². The smallest absolute Gasteiger partial charge is 0.279 e. The minimum absolute atomic E-state index is 0.275. The van der Waals surface area contributed by atoms with Gasteiger partial charge in [0.2, 0.25) is 0 Å². The summed E-state index contributed by atoms with van der Waals surface area (Å²) in [5.74, 6) is -0.275. The number of aromatic nitrogens is 4. The summed E-state index contributed by atoms with van der Waals surface area (Å²) in [6, 6.07) is 6.06. The van der Waals surface area contributed by atoms with Crippen LogP contribution in [0.3, 0.4) is 0 Å². The molecule has 4 rings (SSSR count). The van der Waals surface area contributed by atoms with E-state index in [0.717, 1.165) is 36.5 Å². The SMILES string of the molecule is Cc1ccc(-n2nc(C)c(C(=O)Nc3nc4c(s3)CN(C)CC4)n2)c(C)c1. The maximum atomic E-state index is 12.7. The normalized spacial score (nSPS) is 14.2. The number of amides is 1. The molecule has 0 aliphatic carbocycles. The van der Waals surface area contributed by atoms with E-state index in [2.05, 4.69) is 38.5 Å². The van der Waals surface area contributed by atoms with E-state index in [-0.39, 0.29) is 5.91 Å². The van der Waals surface area contributed by atoms with Crippen LogP contribution in [0.1, 0.15) is 37.9 Å². The Balaban J connectivity index is 1.57. The summed E-state index contributed by atoms with van der Waals surface area (Å²) in [7, 11) is 2.09. The number of fused-ring (bicyclic) bond motifs is 1. The van der Waals surface area contributed by atoms with Gasteiger partial charge in [-0.05, 0) is 39.4 Å². The maximum Gasteiger partial charge on any atom is 0.279 e. The molecule has 0 spiro atoms. The Kier molecular flexibility index (Phi) is 4.53. The van der Waals surface area contributed by atoms with Gasteiger partial charge in [0.1, 0.15) is 0 Å². The summed E-state index contributed by atoms with van der Waals surface area (Å²) in [5, 5.41) is 12.4. The van der Waals surface area contributed by atoms with Crippen molar-refractivity contribution in [2.45, 2.75) is 33.7 Å². The third-order valence-corrected chi connectivity index (χ3v) is 5.71. The lowest BCUT2D eigenvalue weighted by Gasteiger charge is -2.20. The molecule has 3 aromatic rings. The molecular weight excluding hydrogens is 360 g/mol. The number of nitrogens with one attached hydrogen (secondary N) is 1. The van der Waals surface area contributed by atoms with Gasteiger partial charge in [-0.25, -0.2) is 4.98 Å². The number of anilines is 1. The molecule has 1 amide bonds. The fourth-order valence-electron chi connectivity index (χ4n) is 3.26. The van der Waals surface area contributed by atoms with Crippen molar-refractivity contribution in [1.82, 2.24) is 24.9 Å². The third kappa shape index (κ3) is 3.50. The Morgan fingerprint density at radius 3 is 2.81 bits per heavy atom. The summed E-state index contributed by atoms with van der Waals surface area (Å²) >= 11 is 1.54. The fraction of sp³-hybridized carbons (Fsp3) is 0.368. The van der Waals surface area contributed by atoms with Crippen LogP contribution >= 0.6 is 11.3 Å². The molecule has 1 aliphatic heterocycles. The van der Waals surface area contributed by atoms with Crippen LogP contribution in [0, 0.1) is 20.8 Å². The highest BCUT2D eigenvalue weighted by atomic mass is 32.1. The number of benzene rings is 1. The summed E-state index contributed by atoms with van der Waals surface area (Å²) in [6.07, 6.45) is 0.917. The number of carbonyl (C=O) groups is 1. The van der Waals surface area contributed by atoms with Crippen LogP contribution in [0.25, 0.3) is 5.69 Å². The lowest BCUT2D eigenvalue weighted by molar-refractivity contribution is 0.102. The monoisotopic (exact) mass is 382 g/mol. The topological polar surface area (TPSA) is 75.9 Å². The number of hydrogen-bond donors (Lipinski definition) is 1. The van der Waals surface area contributed by atoms with Crippen molar-refractivity contribution in [2.75, 3.05) is 18.9 Å². The molecule has 0 atom stereocenters. The molecular formula is C19H22N6OS. The average Bonchev–Trinajstić information content (AvgIpc) is 3.17. The van der Waals surface area contributed by atoms with E-state index in [1.54, 1.807) is 6.92 Å². The summed E-state index contributed by atoms with van der Waals surface area (Å²) < 4.78 is 0. The quantitative estimate of drug-likeness (QED) is 0.754. The number of hydrogen-bond acceptors (Lipinski definition) is 6. The van der Waals surface area contributed by atoms with E-state index < -0.39 is 0 Å². The molecule has 0 saturated carbocycles. The zero-order chi connectivity index (χ0) is 19.1. The van der Waals surface area contributed by atoms with E-state index in [1.807, 2.05) is 26.0 Å². The molecule has 7 nitrogen and oxygen atoms in total. The van der Waals surface area contributed by atoms with Gasteiger partial charge in [0.25, 0.3) is 5.91 Å². The number of rotatable bonds is 3. The van der Waals surface area contributed by atoms with Crippen molar-refractivity contribution >= 4 is 22.4 Å². The second-order valence-electron chi connectivity index (χ2n) is 7.04. The molecule has 3 heterocycles. The van der Waals surface area contributed by atoms with E-state index in [9.17, 15) is 4.79 Å². The first-order valence-electron chi connectivity index (χ1n) is 8.91. The summed E-state index contributed by atoms with van der Waals surface area (Å²) in [6.45, 7) is 7.72. The number of carbonyl (C=O) groups excluding carboxylic acids is 1. The van der Waals surface area contributed by atoms with E-state index in [1.165, 1.54) is 26.6 Å². The first kappa shape index (κ1) is 17.8. The van der Waals surface area contributed by atoms with Crippen molar-refractivity contribution < 1.29 is 4.79 Å². The van der Waals surface area contributed by atoms with Gasteiger partial charge in [0, 0.05) is 24.4 Å². The van der Waals surface area contributed by atoms with Crippen LogP contribution in [-0.2, 0) is 13.0 Å². The minimum Gasteiger partial charge on any atom is -0.301 e. The molecule has 0 unspecified atom stereocenters. The summed E-state index contributed by atoms with van der Waals surface area (Å²) in [4.78, 5) is 22.3.